The molecule has 0 radical (unpaired) electrons. The Morgan fingerprint density at radius 2 is 1.27 bits per heavy atom. The Balaban J connectivity index is 1.72. The van der Waals surface area contributed by atoms with Crippen LogP contribution in [0, 0.1) is 20.2 Å². The molecule has 4 rings (SSSR count). The fourth-order valence-corrected chi connectivity index (χ4v) is 7.07. The number of rotatable bonds is 27. The van der Waals surface area contributed by atoms with Crippen molar-refractivity contribution in [2.24, 2.45) is 0 Å². The number of hydrogen-bond donors (Lipinski definition) is 2. The number of non-ortho nitro benzene ring substituents is 1. The predicted molar refractivity (Wildman–Crippen MR) is 253 cm³/mol. The number of hydrogen-bond acceptors (Lipinski definition) is 12. The van der Waals surface area contributed by atoms with E-state index in [1.54, 1.807) is 44.6 Å². The zero-order chi connectivity index (χ0) is 46.4. The van der Waals surface area contributed by atoms with Gasteiger partial charge in [0, 0.05) is 124 Å². The lowest BCUT2D eigenvalue weighted by molar-refractivity contribution is -0.522. The number of phenolic OH excluding ortho intramolecular Hbond substituents is 2. The summed E-state index contributed by atoms with van der Waals surface area (Å²) in [6.07, 6.45) is 12.7. The largest absolute Gasteiger partial charge is 0.507 e. The molecular formula is C49H64N5O10+. The number of nitro benzene ring substituents is 1. The van der Waals surface area contributed by atoms with Crippen LogP contribution in [0.4, 0.5) is 17.1 Å². The first-order chi connectivity index (χ1) is 30.9. The molecule has 0 fully saturated rings. The lowest BCUT2D eigenvalue weighted by atomic mass is 9.89. The van der Waals surface area contributed by atoms with Gasteiger partial charge in [0.25, 0.3) is 5.69 Å². The highest BCUT2D eigenvalue weighted by atomic mass is 16.6. The molecule has 0 heterocycles. The van der Waals surface area contributed by atoms with E-state index in [9.17, 15) is 30.4 Å². The number of benzene rings is 3. The number of methoxy groups -OCH3 is 2. The third-order valence-corrected chi connectivity index (χ3v) is 10.9. The molecular weight excluding hydrogens is 819 g/mol. The molecule has 0 unspecified atom stereocenters. The van der Waals surface area contributed by atoms with Crippen molar-refractivity contribution in [1.29, 1.82) is 0 Å². The molecule has 0 amide bonds. The molecule has 3 aromatic rings. The van der Waals surface area contributed by atoms with E-state index >= 15 is 0 Å². The van der Waals surface area contributed by atoms with Gasteiger partial charge in [-0.05, 0) is 74.7 Å². The summed E-state index contributed by atoms with van der Waals surface area (Å²) in [4.78, 5) is 25.6. The zero-order valence-electron chi connectivity index (χ0n) is 38.0. The third kappa shape index (κ3) is 15.3. The first-order valence-corrected chi connectivity index (χ1v) is 21.6. The molecule has 344 valence electrons. The van der Waals surface area contributed by atoms with Crippen molar-refractivity contribution >= 4 is 28.3 Å². The minimum atomic E-state index is -0.410. The van der Waals surface area contributed by atoms with Gasteiger partial charge in [0.05, 0.1) is 49.5 Å². The van der Waals surface area contributed by atoms with Crippen LogP contribution in [0.25, 0.3) is 5.57 Å². The number of ether oxygens (including phenoxy) is 4. The summed E-state index contributed by atoms with van der Waals surface area (Å²) >= 11 is 0. The van der Waals surface area contributed by atoms with E-state index in [1.807, 2.05) is 62.4 Å². The van der Waals surface area contributed by atoms with Crippen molar-refractivity contribution in [2.75, 3.05) is 103 Å². The van der Waals surface area contributed by atoms with Gasteiger partial charge in [0.1, 0.15) is 24.6 Å². The van der Waals surface area contributed by atoms with Crippen molar-refractivity contribution < 1.29 is 43.6 Å². The van der Waals surface area contributed by atoms with Crippen LogP contribution in [0.3, 0.4) is 0 Å². The van der Waals surface area contributed by atoms with Gasteiger partial charge < -0.3 is 39.0 Å². The predicted octanol–water partition coefficient (Wildman–Crippen LogP) is 8.13. The van der Waals surface area contributed by atoms with Gasteiger partial charge >= 0.3 is 0 Å². The Labute approximate surface area is 376 Å². The van der Waals surface area contributed by atoms with Crippen LogP contribution in [0.5, 0.6) is 11.5 Å². The highest BCUT2D eigenvalue weighted by Crippen LogP contribution is 2.41. The fourth-order valence-electron chi connectivity index (χ4n) is 7.07. The second-order valence-corrected chi connectivity index (χ2v) is 15.2. The molecule has 0 aromatic heterocycles. The first-order valence-electron chi connectivity index (χ1n) is 21.6. The summed E-state index contributed by atoms with van der Waals surface area (Å²) in [7, 11) is 3.26. The van der Waals surface area contributed by atoms with Gasteiger partial charge in [0.2, 0.25) is 5.70 Å². The van der Waals surface area contributed by atoms with Crippen LogP contribution in [0.15, 0.2) is 114 Å². The molecule has 0 saturated carbocycles. The second kappa shape index (κ2) is 26.5. The van der Waals surface area contributed by atoms with Crippen LogP contribution in [-0.4, -0.2) is 123 Å². The molecule has 0 bridgehead atoms. The Morgan fingerprint density at radius 1 is 0.703 bits per heavy atom. The first kappa shape index (κ1) is 50.5. The van der Waals surface area contributed by atoms with Gasteiger partial charge in [-0.2, -0.15) is 0 Å². The van der Waals surface area contributed by atoms with E-state index in [-0.39, 0.29) is 22.9 Å². The maximum atomic E-state index is 11.9. The maximum absolute atomic E-state index is 11.9. The van der Waals surface area contributed by atoms with Crippen molar-refractivity contribution in [2.45, 2.75) is 40.5 Å². The fraction of sp³-hybridized carbons (Fsp3) is 0.408. The van der Waals surface area contributed by atoms with Crippen molar-refractivity contribution in [3.8, 4) is 11.5 Å². The Kier molecular flexibility index (Phi) is 20.9. The summed E-state index contributed by atoms with van der Waals surface area (Å²) < 4.78 is 24.1. The normalized spacial score (nSPS) is 12.8. The van der Waals surface area contributed by atoms with E-state index < -0.39 is 9.85 Å². The smallest absolute Gasteiger partial charge is 0.269 e. The van der Waals surface area contributed by atoms with Crippen molar-refractivity contribution in [1.82, 2.24) is 0 Å². The Hall–Kier alpha value is -6.13. The maximum Gasteiger partial charge on any atom is 0.269 e. The summed E-state index contributed by atoms with van der Waals surface area (Å²) in [6, 6.07) is 17.7. The average molecular weight is 883 g/mol. The standard InChI is InChI=1S/C49H63N5O10/c1-7-50(25-23-37(3)9-10-38(4)53(57)58)41-17-13-40(14-18-41)49(45-21-19-43(35-47(45)55)51(8-2)26-24-39-11-15-42(16-12-39)54(59)60)46-22-20-44(36-48(46)56)52(27-29-63-33-31-61-5)28-30-64-34-32-62-6/h9-22,35-36H,7-8,23-34H2,1-6H3,(H,55,56)/p+1. The minimum Gasteiger partial charge on any atom is -0.507 e. The molecule has 1 aliphatic carbocycles. The summed E-state index contributed by atoms with van der Waals surface area (Å²) in [6.45, 7) is 14.2. The van der Waals surface area contributed by atoms with E-state index in [0.717, 1.165) is 40.3 Å². The molecule has 0 atom stereocenters. The van der Waals surface area contributed by atoms with Crippen LogP contribution in [-0.2, 0) is 25.4 Å². The van der Waals surface area contributed by atoms with Crippen LogP contribution in [0.1, 0.15) is 50.8 Å². The number of allylic oxidation sites excluding steroid dienone is 8. The summed E-state index contributed by atoms with van der Waals surface area (Å²) in [5.41, 5.74) is 7.17. The van der Waals surface area contributed by atoms with E-state index in [1.165, 1.54) is 25.1 Å². The molecule has 0 saturated heterocycles. The van der Waals surface area contributed by atoms with Crippen molar-refractivity contribution in [3.63, 3.8) is 0 Å². The lowest BCUT2D eigenvalue weighted by Crippen LogP contribution is -2.31. The van der Waals surface area contributed by atoms with Gasteiger partial charge in [-0.3, -0.25) is 20.2 Å². The Bertz CT molecular complexity index is 2180. The number of nitrogens with zero attached hydrogens (tertiary/aromatic N) is 5. The lowest BCUT2D eigenvalue weighted by Gasteiger charge is -2.26. The SMILES string of the molecule is CCN(CCc1ccc([N+](=O)[O-])cc1)c1ccc(C(=C2C=CC(=[N+](CC)CCC(C)=CC=C(C)[N+](=O)[O-])C=C2)c2ccc(N(CCOCCOC)CCOCCOC)cc2O)c(O)c1. The summed E-state index contributed by atoms with van der Waals surface area (Å²) in [5.74, 6) is 0.0680. The van der Waals surface area contributed by atoms with E-state index in [2.05, 4.69) is 21.3 Å². The average Bonchev–Trinajstić information content (AvgIpc) is 3.29. The monoisotopic (exact) mass is 882 g/mol. The van der Waals surface area contributed by atoms with E-state index in [4.69, 9.17) is 18.9 Å². The molecule has 0 aliphatic heterocycles. The quantitative estimate of drug-likeness (QED) is 0.0248. The Morgan fingerprint density at radius 3 is 1.75 bits per heavy atom. The number of phenols is 2. The molecule has 1 aliphatic rings. The highest BCUT2D eigenvalue weighted by molar-refractivity contribution is 6.04. The number of nitro groups is 2. The number of aromatic hydroxyl groups is 2. The second-order valence-electron chi connectivity index (χ2n) is 15.2. The van der Waals surface area contributed by atoms with Gasteiger partial charge in [-0.15, -0.1) is 0 Å². The topological polar surface area (TPSA) is 173 Å². The van der Waals surface area contributed by atoms with Crippen molar-refractivity contribution in [3.05, 3.63) is 151 Å². The molecule has 15 heteroatoms. The number of anilines is 2. The molecule has 2 N–H and O–H groups in total. The van der Waals surface area contributed by atoms with E-state index in [0.29, 0.717) is 102 Å². The van der Waals surface area contributed by atoms with Gasteiger partial charge in [-0.1, -0.05) is 23.8 Å². The third-order valence-electron chi connectivity index (χ3n) is 10.9. The zero-order valence-corrected chi connectivity index (χ0v) is 38.0. The van der Waals surface area contributed by atoms with Crippen LogP contribution < -0.4 is 9.80 Å². The minimum absolute atomic E-state index is 0.0303. The molecule has 64 heavy (non-hydrogen) atoms. The van der Waals surface area contributed by atoms with Crippen LogP contribution >= 0.6 is 0 Å². The molecule has 3 aromatic carbocycles. The molecule has 0 spiro atoms. The molecule has 15 nitrogen and oxygen atoms in total. The summed E-state index contributed by atoms with van der Waals surface area (Å²) in [5, 5.41) is 46.0. The van der Waals surface area contributed by atoms with Crippen LogP contribution in [0.2, 0.25) is 0 Å². The highest BCUT2D eigenvalue weighted by Gasteiger charge is 2.22. The van der Waals surface area contributed by atoms with Gasteiger partial charge in [-0.25, -0.2) is 4.58 Å². The number of likely N-dealkylation sites (N-methyl/N-ethyl adjacent to an activating group) is 1. The van der Waals surface area contributed by atoms with Gasteiger partial charge in [0.15, 0.2) is 5.71 Å².